The number of pyridine rings is 1. The number of carbonyl (C=O) groups excluding carboxylic acids is 1. The minimum absolute atomic E-state index is 0.0907. The highest BCUT2D eigenvalue weighted by atomic mass is 16.4. The summed E-state index contributed by atoms with van der Waals surface area (Å²) in [5.74, 6) is -1.12. The molecule has 0 spiro atoms. The van der Waals surface area contributed by atoms with E-state index in [1.807, 2.05) is 0 Å². The van der Waals surface area contributed by atoms with Crippen molar-refractivity contribution in [2.75, 3.05) is 18.0 Å². The molecule has 2 rings (SSSR count). The van der Waals surface area contributed by atoms with Gasteiger partial charge in [-0.25, -0.2) is 4.79 Å². The van der Waals surface area contributed by atoms with Crippen molar-refractivity contribution >= 4 is 17.6 Å². The molecule has 1 amide bonds. The minimum atomic E-state index is -1.03. The molecule has 0 aromatic carbocycles. The first kappa shape index (κ1) is 12.3. The normalized spacial score (nSPS) is 19.6. The van der Waals surface area contributed by atoms with E-state index in [1.165, 1.54) is 6.20 Å². The standard InChI is InChI=1S/C12H15N3O3/c1-7-5-10(9(6-14-7)12(17)18)15-4-3-13-11(16)8(15)2/h5-6,8H,3-4H2,1-2H3,(H,13,16)(H,17,18). The summed E-state index contributed by atoms with van der Waals surface area (Å²) in [5.41, 5.74) is 1.41. The maximum absolute atomic E-state index is 11.6. The summed E-state index contributed by atoms with van der Waals surface area (Å²) in [7, 11) is 0. The van der Waals surface area contributed by atoms with Crippen molar-refractivity contribution in [3.8, 4) is 0 Å². The van der Waals surface area contributed by atoms with Gasteiger partial charge >= 0.3 is 5.97 Å². The van der Waals surface area contributed by atoms with Crippen LogP contribution in [0, 0.1) is 6.92 Å². The van der Waals surface area contributed by atoms with Crippen molar-refractivity contribution < 1.29 is 14.7 Å². The summed E-state index contributed by atoms with van der Waals surface area (Å²) >= 11 is 0. The predicted molar refractivity (Wildman–Crippen MR) is 65.8 cm³/mol. The van der Waals surface area contributed by atoms with Crippen LogP contribution in [-0.2, 0) is 4.79 Å². The van der Waals surface area contributed by atoms with Crippen molar-refractivity contribution in [1.82, 2.24) is 10.3 Å². The van der Waals surface area contributed by atoms with Crippen molar-refractivity contribution in [3.63, 3.8) is 0 Å². The molecule has 1 aromatic heterocycles. The van der Waals surface area contributed by atoms with E-state index < -0.39 is 5.97 Å². The highest BCUT2D eigenvalue weighted by Gasteiger charge is 2.28. The Bertz CT molecular complexity index is 501. The number of piperazine rings is 1. The number of carbonyl (C=O) groups is 2. The molecule has 2 heterocycles. The second-order valence-corrected chi connectivity index (χ2v) is 4.31. The monoisotopic (exact) mass is 249 g/mol. The number of hydrogen-bond acceptors (Lipinski definition) is 4. The van der Waals surface area contributed by atoms with E-state index >= 15 is 0 Å². The molecule has 1 saturated heterocycles. The zero-order valence-corrected chi connectivity index (χ0v) is 10.3. The molecule has 0 bridgehead atoms. The van der Waals surface area contributed by atoms with Gasteiger partial charge in [0.1, 0.15) is 11.6 Å². The fourth-order valence-corrected chi connectivity index (χ4v) is 2.06. The third-order valence-electron chi connectivity index (χ3n) is 3.06. The first-order valence-corrected chi connectivity index (χ1v) is 5.75. The third-order valence-corrected chi connectivity index (χ3v) is 3.06. The van der Waals surface area contributed by atoms with Gasteiger partial charge in [0.25, 0.3) is 0 Å². The van der Waals surface area contributed by atoms with E-state index in [0.29, 0.717) is 18.8 Å². The molecule has 2 N–H and O–H groups in total. The Morgan fingerprint density at radius 3 is 3.00 bits per heavy atom. The Kier molecular flexibility index (Phi) is 3.18. The minimum Gasteiger partial charge on any atom is -0.478 e. The Morgan fingerprint density at radius 1 is 1.61 bits per heavy atom. The van der Waals surface area contributed by atoms with E-state index in [9.17, 15) is 14.7 Å². The van der Waals surface area contributed by atoms with Gasteiger partial charge in [-0.3, -0.25) is 9.78 Å². The smallest absolute Gasteiger partial charge is 0.339 e. The number of rotatable bonds is 2. The SMILES string of the molecule is Cc1cc(N2CCNC(=O)C2C)c(C(=O)O)cn1. The zero-order chi connectivity index (χ0) is 13.3. The van der Waals surface area contributed by atoms with E-state index in [1.54, 1.807) is 24.8 Å². The fourth-order valence-electron chi connectivity index (χ4n) is 2.06. The van der Waals surface area contributed by atoms with Crippen molar-refractivity contribution in [3.05, 3.63) is 23.5 Å². The fraction of sp³-hybridized carbons (Fsp3) is 0.417. The number of anilines is 1. The third kappa shape index (κ3) is 2.13. The van der Waals surface area contributed by atoms with Gasteiger partial charge in [-0.05, 0) is 19.9 Å². The highest BCUT2D eigenvalue weighted by molar-refractivity contribution is 5.96. The van der Waals surface area contributed by atoms with Gasteiger partial charge in [0.05, 0.1) is 5.69 Å². The average molecular weight is 249 g/mol. The molecule has 6 nitrogen and oxygen atoms in total. The summed E-state index contributed by atoms with van der Waals surface area (Å²) in [5, 5.41) is 11.9. The number of nitrogens with one attached hydrogen (secondary N) is 1. The van der Waals surface area contributed by atoms with Gasteiger partial charge in [-0.15, -0.1) is 0 Å². The van der Waals surface area contributed by atoms with Gasteiger partial charge in [-0.2, -0.15) is 0 Å². The molecule has 1 fully saturated rings. The molecule has 0 saturated carbocycles. The molecule has 1 aliphatic heterocycles. The second kappa shape index (κ2) is 4.64. The number of aromatic carboxylic acids is 1. The van der Waals surface area contributed by atoms with E-state index in [2.05, 4.69) is 10.3 Å². The van der Waals surface area contributed by atoms with Crippen LogP contribution in [0.25, 0.3) is 0 Å². The highest BCUT2D eigenvalue weighted by Crippen LogP contribution is 2.24. The zero-order valence-electron chi connectivity index (χ0n) is 10.3. The number of aryl methyl sites for hydroxylation is 1. The maximum Gasteiger partial charge on any atom is 0.339 e. The number of aromatic nitrogens is 1. The average Bonchev–Trinajstić information content (AvgIpc) is 2.32. The first-order chi connectivity index (χ1) is 8.50. The molecule has 6 heteroatoms. The van der Waals surface area contributed by atoms with Crippen LogP contribution in [-0.4, -0.2) is 41.1 Å². The molecule has 0 aliphatic carbocycles. The lowest BCUT2D eigenvalue weighted by molar-refractivity contribution is -0.122. The van der Waals surface area contributed by atoms with Gasteiger partial charge in [0.2, 0.25) is 5.91 Å². The largest absolute Gasteiger partial charge is 0.478 e. The molecule has 1 aliphatic rings. The Morgan fingerprint density at radius 2 is 2.33 bits per heavy atom. The number of carboxylic acids is 1. The van der Waals surface area contributed by atoms with Crippen LogP contribution >= 0.6 is 0 Å². The Balaban J connectivity index is 2.45. The number of nitrogens with zero attached hydrogens (tertiary/aromatic N) is 2. The van der Waals surface area contributed by atoms with Crippen LogP contribution in [0.1, 0.15) is 23.0 Å². The maximum atomic E-state index is 11.6. The summed E-state index contributed by atoms with van der Waals surface area (Å²) in [4.78, 5) is 28.6. The van der Waals surface area contributed by atoms with E-state index in [4.69, 9.17) is 0 Å². The van der Waals surface area contributed by atoms with Crippen LogP contribution in [0.15, 0.2) is 12.3 Å². The second-order valence-electron chi connectivity index (χ2n) is 4.31. The van der Waals surface area contributed by atoms with Crippen molar-refractivity contribution in [2.45, 2.75) is 19.9 Å². The molecular formula is C12H15N3O3. The summed E-state index contributed by atoms with van der Waals surface area (Å²) in [6, 6.07) is 1.33. The molecule has 1 unspecified atom stereocenters. The Hall–Kier alpha value is -2.11. The van der Waals surface area contributed by atoms with Gasteiger partial charge in [0, 0.05) is 25.0 Å². The molecule has 0 radical (unpaired) electrons. The quantitative estimate of drug-likeness (QED) is 0.793. The van der Waals surface area contributed by atoms with Crippen molar-refractivity contribution in [2.24, 2.45) is 0 Å². The van der Waals surface area contributed by atoms with E-state index in [0.717, 1.165) is 5.69 Å². The van der Waals surface area contributed by atoms with Crippen LogP contribution < -0.4 is 10.2 Å². The topological polar surface area (TPSA) is 82.5 Å². The predicted octanol–water partition coefficient (Wildman–Crippen LogP) is 0.413. The Labute approximate surface area is 105 Å². The molecule has 1 atom stereocenters. The van der Waals surface area contributed by atoms with Gasteiger partial charge < -0.3 is 15.3 Å². The van der Waals surface area contributed by atoms with Crippen LogP contribution in [0.5, 0.6) is 0 Å². The van der Waals surface area contributed by atoms with Crippen LogP contribution in [0.2, 0.25) is 0 Å². The van der Waals surface area contributed by atoms with Gasteiger partial charge in [-0.1, -0.05) is 0 Å². The summed E-state index contributed by atoms with van der Waals surface area (Å²) < 4.78 is 0. The van der Waals surface area contributed by atoms with Crippen LogP contribution in [0.3, 0.4) is 0 Å². The van der Waals surface area contributed by atoms with Crippen LogP contribution in [0.4, 0.5) is 5.69 Å². The molecule has 18 heavy (non-hydrogen) atoms. The van der Waals surface area contributed by atoms with Gasteiger partial charge in [0.15, 0.2) is 0 Å². The lowest BCUT2D eigenvalue weighted by Gasteiger charge is -2.35. The molecule has 96 valence electrons. The molecule has 1 aromatic rings. The number of carboxylic acid groups (broad SMARTS) is 1. The summed E-state index contributed by atoms with van der Waals surface area (Å²) in [6.45, 7) is 4.67. The van der Waals surface area contributed by atoms with Crippen molar-refractivity contribution in [1.29, 1.82) is 0 Å². The lowest BCUT2D eigenvalue weighted by Crippen LogP contribution is -2.54. The summed E-state index contributed by atoms with van der Waals surface area (Å²) in [6.07, 6.45) is 1.34. The number of hydrogen-bond donors (Lipinski definition) is 2. The first-order valence-electron chi connectivity index (χ1n) is 5.75. The lowest BCUT2D eigenvalue weighted by atomic mass is 10.1. The molecular weight excluding hydrogens is 234 g/mol. The van der Waals surface area contributed by atoms with E-state index in [-0.39, 0.29) is 17.5 Å². The number of amides is 1.